The summed E-state index contributed by atoms with van der Waals surface area (Å²) in [5, 5.41) is 0. The molecule has 0 aliphatic carbocycles. The Labute approximate surface area is 95.7 Å². The van der Waals surface area contributed by atoms with Crippen LogP contribution in [-0.4, -0.2) is 19.0 Å². The number of esters is 1. The molecule has 94 valence electrons. The maximum atomic E-state index is 11.8. The average Bonchev–Trinajstić information content (AvgIpc) is 2.16. The molecule has 0 bridgehead atoms. The van der Waals surface area contributed by atoms with Crippen LogP contribution in [0.15, 0.2) is 11.6 Å². The largest absolute Gasteiger partial charge is 0.461 e. The maximum absolute atomic E-state index is 11.8. The number of ether oxygens (including phenoxy) is 1. The molecule has 0 radical (unpaired) electrons. The van der Waals surface area contributed by atoms with Gasteiger partial charge in [0.25, 0.3) is 0 Å². The molecule has 16 heavy (non-hydrogen) atoms. The highest BCUT2D eigenvalue weighted by molar-refractivity contribution is 5.72. The summed E-state index contributed by atoms with van der Waals surface area (Å²) in [6.45, 7) is 6.18. The van der Waals surface area contributed by atoms with E-state index in [0.717, 1.165) is 12.8 Å². The molecule has 0 aromatic heterocycles. The highest BCUT2D eigenvalue weighted by Gasteiger charge is 2.16. The van der Waals surface area contributed by atoms with Crippen LogP contribution in [0.3, 0.4) is 0 Å². The van der Waals surface area contributed by atoms with Crippen LogP contribution in [0.1, 0.15) is 40.0 Å². The molecule has 0 aliphatic heterocycles. The summed E-state index contributed by atoms with van der Waals surface area (Å²) in [4.78, 5) is 10.4. The number of hydrogen-bond donors (Lipinski definition) is 0. The minimum Gasteiger partial charge on any atom is -0.461 e. The fourth-order valence-electron chi connectivity index (χ4n) is 1.22. The molecule has 1 atom stereocenters. The van der Waals surface area contributed by atoms with Crippen LogP contribution >= 0.6 is 0 Å². The lowest BCUT2D eigenvalue weighted by Gasteiger charge is -2.10. The quantitative estimate of drug-likeness (QED) is 0.497. The first-order valence-corrected chi connectivity index (χ1v) is 5.51. The lowest BCUT2D eigenvalue weighted by molar-refractivity contribution is -0.156. The number of carbonyl (C=O) groups excluding carboxylic acids is 1. The van der Waals surface area contributed by atoms with Gasteiger partial charge in [0, 0.05) is 0 Å². The summed E-state index contributed by atoms with van der Waals surface area (Å²) < 4.78 is 27.9. The molecule has 0 saturated carbocycles. The van der Waals surface area contributed by atoms with Crippen molar-refractivity contribution in [1.29, 1.82) is 0 Å². The van der Waals surface area contributed by atoms with E-state index in [1.807, 2.05) is 20.8 Å². The van der Waals surface area contributed by atoms with Crippen molar-refractivity contribution in [1.82, 2.24) is 0 Å². The summed E-state index contributed by atoms with van der Waals surface area (Å²) >= 11 is 0. The summed E-state index contributed by atoms with van der Waals surface area (Å²) in [6.07, 6.45) is 1.72. The molecule has 0 saturated heterocycles. The van der Waals surface area contributed by atoms with E-state index in [0.29, 0.717) is 12.3 Å². The molecule has 0 aromatic rings. The van der Waals surface area contributed by atoms with E-state index in [1.165, 1.54) is 5.57 Å². The van der Waals surface area contributed by atoms with Gasteiger partial charge in [0.05, 0.1) is 6.61 Å². The molecule has 0 rings (SSSR count). The molecular formula is C12H20F2O2. The minimum atomic E-state index is -3.01. The highest BCUT2D eigenvalue weighted by atomic mass is 19.3. The second kappa shape index (κ2) is 8.25. The van der Waals surface area contributed by atoms with Gasteiger partial charge >= 0.3 is 12.4 Å². The van der Waals surface area contributed by atoms with E-state index < -0.39 is 12.4 Å². The molecular weight excluding hydrogens is 214 g/mol. The number of alkyl halides is 2. The van der Waals surface area contributed by atoms with Crippen LogP contribution < -0.4 is 0 Å². The standard InChI is InChI=1S/C12H20F2O2/c1-9(2)5-4-6-10(3)7-8-16-12(15)11(13)14/h5,10-11H,4,6-8H2,1-3H3. The van der Waals surface area contributed by atoms with Gasteiger partial charge in [-0.2, -0.15) is 8.78 Å². The molecule has 4 heteroatoms. The summed E-state index contributed by atoms with van der Waals surface area (Å²) in [5.74, 6) is -1.04. The lowest BCUT2D eigenvalue weighted by Crippen LogP contribution is -2.15. The van der Waals surface area contributed by atoms with Crippen molar-refractivity contribution in [3.8, 4) is 0 Å². The third-order valence-corrected chi connectivity index (χ3v) is 2.25. The van der Waals surface area contributed by atoms with Crippen LogP contribution in [0.5, 0.6) is 0 Å². The predicted octanol–water partition coefficient (Wildman–Crippen LogP) is 3.57. The first-order chi connectivity index (χ1) is 7.43. The van der Waals surface area contributed by atoms with Crippen LogP contribution in [0, 0.1) is 5.92 Å². The fraction of sp³-hybridized carbons (Fsp3) is 0.750. The Kier molecular flexibility index (Phi) is 7.77. The molecule has 2 nitrogen and oxygen atoms in total. The molecule has 0 aliphatic rings. The summed E-state index contributed by atoms with van der Waals surface area (Å²) in [6, 6.07) is 0. The average molecular weight is 234 g/mol. The van der Waals surface area contributed by atoms with Crippen LogP contribution in [-0.2, 0) is 9.53 Å². The molecule has 0 N–H and O–H groups in total. The second-order valence-corrected chi connectivity index (χ2v) is 4.22. The van der Waals surface area contributed by atoms with E-state index in [4.69, 9.17) is 0 Å². The van der Waals surface area contributed by atoms with Crippen molar-refractivity contribution in [3.05, 3.63) is 11.6 Å². The SMILES string of the molecule is CC(C)=CCCC(C)CCOC(=O)C(F)F. The van der Waals surface area contributed by atoms with Gasteiger partial charge in [-0.1, -0.05) is 18.6 Å². The molecule has 0 spiro atoms. The van der Waals surface area contributed by atoms with Crippen LogP contribution in [0.2, 0.25) is 0 Å². The zero-order chi connectivity index (χ0) is 12.6. The third kappa shape index (κ3) is 8.38. The summed E-state index contributed by atoms with van der Waals surface area (Å²) in [5.41, 5.74) is 1.27. The van der Waals surface area contributed by atoms with Gasteiger partial charge in [-0.05, 0) is 39.0 Å². The Hall–Kier alpha value is -0.930. The number of hydrogen-bond acceptors (Lipinski definition) is 2. The van der Waals surface area contributed by atoms with E-state index in [1.54, 1.807) is 0 Å². The molecule has 0 amide bonds. The highest BCUT2D eigenvalue weighted by Crippen LogP contribution is 2.12. The van der Waals surface area contributed by atoms with Crippen molar-refractivity contribution >= 4 is 5.97 Å². The summed E-state index contributed by atoms with van der Waals surface area (Å²) in [7, 11) is 0. The van der Waals surface area contributed by atoms with E-state index in [-0.39, 0.29) is 6.61 Å². The lowest BCUT2D eigenvalue weighted by atomic mass is 10.0. The van der Waals surface area contributed by atoms with Gasteiger partial charge in [0.1, 0.15) is 0 Å². The first-order valence-electron chi connectivity index (χ1n) is 5.51. The molecule has 0 heterocycles. The first kappa shape index (κ1) is 15.1. The van der Waals surface area contributed by atoms with Crippen LogP contribution in [0.4, 0.5) is 8.78 Å². The van der Waals surface area contributed by atoms with Gasteiger partial charge in [-0.15, -0.1) is 0 Å². The molecule has 0 fully saturated rings. The van der Waals surface area contributed by atoms with Gasteiger partial charge in [-0.3, -0.25) is 0 Å². The van der Waals surface area contributed by atoms with Crippen molar-refractivity contribution in [3.63, 3.8) is 0 Å². The number of halogens is 2. The maximum Gasteiger partial charge on any atom is 0.373 e. The van der Waals surface area contributed by atoms with Crippen molar-refractivity contribution in [2.24, 2.45) is 5.92 Å². The Balaban J connectivity index is 3.54. The van der Waals surface area contributed by atoms with Crippen molar-refractivity contribution in [2.45, 2.75) is 46.5 Å². The normalized spacial score (nSPS) is 12.4. The van der Waals surface area contributed by atoms with Gasteiger partial charge in [0.15, 0.2) is 0 Å². The molecule has 0 aromatic carbocycles. The monoisotopic (exact) mass is 234 g/mol. The van der Waals surface area contributed by atoms with Gasteiger partial charge < -0.3 is 4.74 Å². The van der Waals surface area contributed by atoms with Gasteiger partial charge in [0.2, 0.25) is 0 Å². The minimum absolute atomic E-state index is 0.0825. The number of allylic oxidation sites excluding steroid dienone is 2. The zero-order valence-electron chi connectivity index (χ0n) is 10.1. The second-order valence-electron chi connectivity index (χ2n) is 4.22. The third-order valence-electron chi connectivity index (χ3n) is 2.25. The topological polar surface area (TPSA) is 26.3 Å². The smallest absolute Gasteiger partial charge is 0.373 e. The Morgan fingerprint density at radius 1 is 1.31 bits per heavy atom. The van der Waals surface area contributed by atoms with E-state index in [9.17, 15) is 13.6 Å². The Morgan fingerprint density at radius 3 is 2.44 bits per heavy atom. The fourth-order valence-corrected chi connectivity index (χ4v) is 1.22. The number of rotatable bonds is 7. The van der Waals surface area contributed by atoms with Crippen molar-refractivity contribution < 1.29 is 18.3 Å². The molecule has 1 unspecified atom stereocenters. The van der Waals surface area contributed by atoms with E-state index >= 15 is 0 Å². The van der Waals surface area contributed by atoms with E-state index in [2.05, 4.69) is 10.8 Å². The Bertz CT molecular complexity index is 233. The van der Waals surface area contributed by atoms with Crippen molar-refractivity contribution in [2.75, 3.05) is 6.61 Å². The number of carbonyl (C=O) groups is 1. The van der Waals surface area contributed by atoms with Crippen LogP contribution in [0.25, 0.3) is 0 Å². The predicted molar refractivity (Wildman–Crippen MR) is 59.4 cm³/mol. The Morgan fingerprint density at radius 2 is 1.94 bits per heavy atom. The zero-order valence-corrected chi connectivity index (χ0v) is 10.1. The van der Waals surface area contributed by atoms with Gasteiger partial charge in [-0.25, -0.2) is 4.79 Å².